The molecule has 0 radical (unpaired) electrons. The summed E-state index contributed by atoms with van der Waals surface area (Å²) in [6.45, 7) is 10.3. The third-order valence-corrected chi connectivity index (χ3v) is 5.07. The molecule has 0 saturated heterocycles. The van der Waals surface area contributed by atoms with Gasteiger partial charge in [-0.05, 0) is 70.9 Å². The van der Waals surface area contributed by atoms with Crippen LogP contribution in [0.3, 0.4) is 0 Å². The van der Waals surface area contributed by atoms with E-state index >= 15 is 0 Å². The second-order valence-corrected chi connectivity index (χ2v) is 8.66. The van der Waals surface area contributed by atoms with E-state index in [0.29, 0.717) is 26.6 Å². The Morgan fingerprint density at radius 3 is 2.26 bits per heavy atom. The molecule has 27 heavy (non-hydrogen) atoms. The van der Waals surface area contributed by atoms with Crippen molar-refractivity contribution in [1.29, 1.82) is 0 Å². The van der Waals surface area contributed by atoms with Crippen LogP contribution in [-0.2, 0) is 4.79 Å². The Morgan fingerprint density at radius 1 is 1.07 bits per heavy atom. The lowest BCUT2D eigenvalue weighted by Gasteiger charge is -2.19. The van der Waals surface area contributed by atoms with Gasteiger partial charge in [-0.3, -0.25) is 14.4 Å². The summed E-state index contributed by atoms with van der Waals surface area (Å²) >= 11 is 1.15. The lowest BCUT2D eigenvalue weighted by molar-refractivity contribution is -0.118. The molecular formula is C20H23FN2O3S. The van der Waals surface area contributed by atoms with Crippen LogP contribution in [0.5, 0.6) is 0 Å². The Morgan fingerprint density at radius 2 is 1.70 bits per heavy atom. The van der Waals surface area contributed by atoms with E-state index in [1.807, 2.05) is 0 Å². The van der Waals surface area contributed by atoms with Gasteiger partial charge in [0.2, 0.25) is 0 Å². The van der Waals surface area contributed by atoms with Gasteiger partial charge in [-0.25, -0.2) is 4.39 Å². The van der Waals surface area contributed by atoms with E-state index in [-0.39, 0.29) is 11.4 Å². The van der Waals surface area contributed by atoms with Gasteiger partial charge in [0.25, 0.3) is 17.6 Å². The van der Waals surface area contributed by atoms with E-state index in [4.69, 9.17) is 0 Å². The fraction of sp³-hybridized carbons (Fsp3) is 0.350. The zero-order valence-corrected chi connectivity index (χ0v) is 17.1. The highest BCUT2D eigenvalue weighted by Gasteiger charge is 2.28. The van der Waals surface area contributed by atoms with Crippen molar-refractivity contribution < 1.29 is 18.8 Å². The fourth-order valence-electron chi connectivity index (χ4n) is 2.63. The number of hydrogen-bond donors (Lipinski definition) is 2. The van der Waals surface area contributed by atoms with Crippen molar-refractivity contribution in [3.63, 3.8) is 0 Å². The molecule has 2 aromatic rings. The number of thiophene rings is 1. The average molecular weight is 390 g/mol. The Hall–Kier alpha value is -2.54. The van der Waals surface area contributed by atoms with E-state index in [1.165, 1.54) is 18.2 Å². The van der Waals surface area contributed by atoms with Gasteiger partial charge in [-0.15, -0.1) is 11.3 Å². The number of anilines is 1. The third kappa shape index (κ3) is 4.80. The number of halogens is 1. The predicted molar refractivity (Wildman–Crippen MR) is 105 cm³/mol. The fourth-order valence-corrected chi connectivity index (χ4v) is 3.68. The van der Waals surface area contributed by atoms with Crippen LogP contribution in [-0.4, -0.2) is 23.1 Å². The molecule has 144 valence electrons. The van der Waals surface area contributed by atoms with E-state index in [1.54, 1.807) is 41.5 Å². The van der Waals surface area contributed by atoms with Crippen LogP contribution in [0.4, 0.5) is 10.1 Å². The molecule has 2 N–H and O–H groups in total. The number of hydrogen-bond acceptors (Lipinski definition) is 4. The van der Waals surface area contributed by atoms with Crippen LogP contribution in [0, 0.1) is 26.6 Å². The predicted octanol–water partition coefficient (Wildman–Crippen LogP) is 4.16. The molecule has 2 rings (SSSR count). The van der Waals surface area contributed by atoms with E-state index in [0.717, 1.165) is 11.3 Å². The van der Waals surface area contributed by atoms with Crippen LogP contribution in [0.1, 0.15) is 56.8 Å². The number of benzene rings is 1. The van der Waals surface area contributed by atoms with Crippen molar-refractivity contribution in [1.82, 2.24) is 5.32 Å². The molecule has 0 aliphatic heterocycles. The minimum absolute atomic E-state index is 0.252. The maximum absolute atomic E-state index is 13.4. The normalized spacial score (nSPS) is 11.2. The van der Waals surface area contributed by atoms with Gasteiger partial charge >= 0.3 is 0 Å². The molecule has 0 bridgehead atoms. The maximum atomic E-state index is 13.4. The van der Waals surface area contributed by atoms with Crippen molar-refractivity contribution in [2.45, 2.75) is 47.1 Å². The highest BCUT2D eigenvalue weighted by molar-refractivity contribution is 7.14. The molecule has 0 aliphatic rings. The molecule has 2 amide bonds. The Labute approximate surface area is 162 Å². The van der Waals surface area contributed by atoms with Crippen LogP contribution in [0.15, 0.2) is 18.2 Å². The van der Waals surface area contributed by atoms with E-state index in [9.17, 15) is 18.8 Å². The summed E-state index contributed by atoms with van der Waals surface area (Å²) in [5.74, 6) is -2.11. The number of Topliss-reactive ketones (excluding diaryl/α,β-unsaturated/α-hetero) is 1. The van der Waals surface area contributed by atoms with Crippen molar-refractivity contribution in [3.05, 3.63) is 50.5 Å². The minimum Gasteiger partial charge on any atom is -0.345 e. The molecule has 1 heterocycles. The molecular weight excluding hydrogens is 367 g/mol. The lowest BCUT2D eigenvalue weighted by atomic mass is 10.0. The van der Waals surface area contributed by atoms with Crippen molar-refractivity contribution in [2.24, 2.45) is 0 Å². The number of ketones is 1. The first kappa shape index (κ1) is 20.8. The van der Waals surface area contributed by atoms with E-state index in [2.05, 4.69) is 10.6 Å². The van der Waals surface area contributed by atoms with Gasteiger partial charge in [0.15, 0.2) is 0 Å². The molecule has 0 spiro atoms. The zero-order chi connectivity index (χ0) is 20.5. The lowest BCUT2D eigenvalue weighted by Crippen LogP contribution is -2.44. The summed E-state index contributed by atoms with van der Waals surface area (Å²) in [5.41, 5.74) is 1.06. The molecule has 1 aromatic heterocycles. The first-order valence-electron chi connectivity index (χ1n) is 8.45. The monoisotopic (exact) mass is 390 g/mol. The zero-order valence-electron chi connectivity index (χ0n) is 16.2. The van der Waals surface area contributed by atoms with Gasteiger partial charge in [0.1, 0.15) is 5.82 Å². The van der Waals surface area contributed by atoms with Crippen LogP contribution < -0.4 is 10.6 Å². The smallest absolute Gasteiger partial charge is 0.292 e. The van der Waals surface area contributed by atoms with Crippen LogP contribution in [0.2, 0.25) is 0 Å². The molecule has 1 aromatic carbocycles. The highest BCUT2D eigenvalue weighted by Crippen LogP contribution is 2.29. The first-order chi connectivity index (χ1) is 12.4. The first-order valence-corrected chi connectivity index (χ1v) is 9.26. The van der Waals surface area contributed by atoms with Crippen molar-refractivity contribution in [3.8, 4) is 0 Å². The summed E-state index contributed by atoms with van der Waals surface area (Å²) in [7, 11) is 0. The summed E-state index contributed by atoms with van der Waals surface area (Å²) in [4.78, 5) is 38.3. The Balaban J connectivity index is 2.28. The highest BCUT2D eigenvalue weighted by atomic mass is 32.1. The average Bonchev–Trinajstić information content (AvgIpc) is 2.83. The SMILES string of the molecule is Cc1cc(NC(=O)c2sc(C)c(C(=O)C(=O)NC(C)(C)C)c2C)ccc1F. The molecule has 7 heteroatoms. The van der Waals surface area contributed by atoms with Crippen molar-refractivity contribution >= 4 is 34.6 Å². The molecule has 0 aliphatic carbocycles. The summed E-state index contributed by atoms with van der Waals surface area (Å²) < 4.78 is 13.4. The Kier molecular flexibility index (Phi) is 5.85. The second-order valence-electron chi connectivity index (χ2n) is 7.44. The molecule has 0 atom stereocenters. The quantitative estimate of drug-likeness (QED) is 0.608. The van der Waals surface area contributed by atoms with Gasteiger partial charge in [0.05, 0.1) is 4.88 Å². The summed E-state index contributed by atoms with van der Waals surface area (Å²) in [6, 6.07) is 4.29. The van der Waals surface area contributed by atoms with Crippen LogP contribution >= 0.6 is 11.3 Å². The number of rotatable bonds is 4. The second kappa shape index (κ2) is 7.60. The molecule has 0 fully saturated rings. The van der Waals surface area contributed by atoms with E-state index < -0.39 is 23.1 Å². The third-order valence-electron chi connectivity index (χ3n) is 3.87. The summed E-state index contributed by atoms with van der Waals surface area (Å²) in [6.07, 6.45) is 0. The topological polar surface area (TPSA) is 75.3 Å². The van der Waals surface area contributed by atoms with Gasteiger partial charge in [-0.1, -0.05) is 0 Å². The molecule has 0 saturated carbocycles. The number of carbonyl (C=O) groups is 3. The molecule has 0 unspecified atom stereocenters. The van der Waals surface area contributed by atoms with Crippen molar-refractivity contribution in [2.75, 3.05) is 5.32 Å². The largest absolute Gasteiger partial charge is 0.345 e. The van der Waals surface area contributed by atoms with Gasteiger partial charge in [0, 0.05) is 21.7 Å². The number of carbonyl (C=O) groups excluding carboxylic acids is 3. The Bertz CT molecular complexity index is 926. The van der Waals surface area contributed by atoms with Crippen LogP contribution in [0.25, 0.3) is 0 Å². The number of aryl methyl sites for hydroxylation is 2. The standard InChI is InChI=1S/C20H23FN2O3S/c1-10-9-13(7-8-14(10)21)22-19(26)17-11(2)15(12(3)27-17)16(24)18(25)23-20(4,5)6/h7-9H,1-6H3,(H,22,26)(H,23,25). The molecule has 5 nitrogen and oxygen atoms in total. The summed E-state index contributed by atoms with van der Waals surface area (Å²) in [5, 5.41) is 5.35. The minimum atomic E-state index is -0.701. The van der Waals surface area contributed by atoms with Gasteiger partial charge < -0.3 is 10.6 Å². The number of amides is 2. The number of nitrogens with one attached hydrogen (secondary N) is 2. The van der Waals surface area contributed by atoms with Gasteiger partial charge in [-0.2, -0.15) is 0 Å². The maximum Gasteiger partial charge on any atom is 0.292 e.